The molecule has 0 saturated carbocycles. The Morgan fingerprint density at radius 3 is 2.65 bits per heavy atom. The SMILES string of the molecule is COCCOc1nc(N)c2[nH]c(=O)n(Cc3ccc(-c4cccc(CN5CCCC5)c4)c(CF)c3)c2n1. The van der Waals surface area contributed by atoms with Crippen LogP contribution in [-0.4, -0.2) is 57.8 Å². The van der Waals surface area contributed by atoms with Crippen LogP contribution < -0.4 is 16.2 Å². The summed E-state index contributed by atoms with van der Waals surface area (Å²) in [5.74, 6) is 0.113. The lowest BCUT2D eigenvalue weighted by Gasteiger charge is -2.16. The number of alkyl halides is 1. The molecule has 3 N–H and O–H groups in total. The average Bonchev–Trinajstić information content (AvgIpc) is 3.52. The fourth-order valence-electron chi connectivity index (χ4n) is 4.81. The van der Waals surface area contributed by atoms with E-state index in [1.165, 1.54) is 23.0 Å². The molecule has 2 aromatic carbocycles. The minimum Gasteiger partial charge on any atom is -0.461 e. The second-order valence-corrected chi connectivity index (χ2v) is 9.26. The highest BCUT2D eigenvalue weighted by atomic mass is 19.1. The Hall–Kier alpha value is -3.76. The molecule has 4 aromatic rings. The number of nitrogen functional groups attached to an aromatic ring is 1. The Morgan fingerprint density at radius 2 is 1.86 bits per heavy atom. The number of methoxy groups -OCH3 is 1. The fraction of sp³-hybridized carbons (Fsp3) is 0.370. The molecule has 194 valence electrons. The number of benzene rings is 2. The molecule has 1 saturated heterocycles. The number of hydrogen-bond donors (Lipinski definition) is 2. The number of aromatic amines is 1. The molecule has 1 aliphatic heterocycles. The number of nitrogens with one attached hydrogen (secondary N) is 1. The van der Waals surface area contributed by atoms with Crippen molar-refractivity contribution in [1.29, 1.82) is 0 Å². The van der Waals surface area contributed by atoms with Crippen LogP contribution in [0.15, 0.2) is 47.3 Å². The van der Waals surface area contributed by atoms with Crippen LogP contribution in [0.5, 0.6) is 6.01 Å². The van der Waals surface area contributed by atoms with E-state index in [1.807, 2.05) is 24.3 Å². The first-order valence-corrected chi connectivity index (χ1v) is 12.4. The Kier molecular flexibility index (Phi) is 7.47. The highest BCUT2D eigenvalue weighted by Crippen LogP contribution is 2.28. The van der Waals surface area contributed by atoms with Gasteiger partial charge in [-0.1, -0.05) is 36.4 Å². The quantitative estimate of drug-likeness (QED) is 0.317. The summed E-state index contributed by atoms with van der Waals surface area (Å²) < 4.78 is 26.1. The average molecular weight is 507 g/mol. The Labute approximate surface area is 214 Å². The van der Waals surface area contributed by atoms with E-state index in [4.69, 9.17) is 15.2 Å². The molecule has 0 spiro atoms. The van der Waals surface area contributed by atoms with Gasteiger partial charge in [0.2, 0.25) is 0 Å². The molecule has 2 aromatic heterocycles. The van der Waals surface area contributed by atoms with Crippen molar-refractivity contribution in [3.63, 3.8) is 0 Å². The van der Waals surface area contributed by atoms with Crippen molar-refractivity contribution in [1.82, 2.24) is 24.4 Å². The maximum absolute atomic E-state index is 14.2. The zero-order valence-electron chi connectivity index (χ0n) is 20.9. The minimum absolute atomic E-state index is 0.0587. The van der Waals surface area contributed by atoms with Crippen molar-refractivity contribution in [3.05, 3.63) is 69.6 Å². The van der Waals surface area contributed by atoms with Crippen molar-refractivity contribution in [2.75, 3.05) is 39.1 Å². The van der Waals surface area contributed by atoms with Crippen LogP contribution in [0.25, 0.3) is 22.3 Å². The van der Waals surface area contributed by atoms with Crippen LogP contribution in [0.1, 0.15) is 29.5 Å². The summed E-state index contributed by atoms with van der Waals surface area (Å²) in [6.07, 6.45) is 2.49. The van der Waals surface area contributed by atoms with Crippen molar-refractivity contribution in [2.24, 2.45) is 0 Å². The van der Waals surface area contributed by atoms with Gasteiger partial charge in [0.05, 0.1) is 13.2 Å². The summed E-state index contributed by atoms with van der Waals surface area (Å²) in [4.78, 5) is 26.4. The number of fused-ring (bicyclic) bond motifs is 1. The van der Waals surface area contributed by atoms with E-state index >= 15 is 0 Å². The number of rotatable bonds is 10. The number of aromatic nitrogens is 4. The predicted molar refractivity (Wildman–Crippen MR) is 140 cm³/mol. The number of anilines is 1. The summed E-state index contributed by atoms with van der Waals surface area (Å²) >= 11 is 0. The monoisotopic (exact) mass is 506 g/mol. The molecule has 1 aliphatic rings. The third-order valence-corrected chi connectivity index (χ3v) is 6.65. The molecular formula is C27H31FN6O3. The molecule has 0 atom stereocenters. The maximum Gasteiger partial charge on any atom is 0.328 e. The van der Waals surface area contributed by atoms with Crippen LogP contribution in [-0.2, 0) is 24.5 Å². The third-order valence-electron chi connectivity index (χ3n) is 6.65. The van der Waals surface area contributed by atoms with Gasteiger partial charge in [-0.25, -0.2) is 9.18 Å². The number of likely N-dealkylation sites (tertiary alicyclic amines) is 1. The van der Waals surface area contributed by atoms with Gasteiger partial charge in [0.25, 0.3) is 0 Å². The molecule has 10 heteroatoms. The highest BCUT2D eigenvalue weighted by Gasteiger charge is 2.17. The van der Waals surface area contributed by atoms with Gasteiger partial charge in [-0.3, -0.25) is 9.47 Å². The molecule has 9 nitrogen and oxygen atoms in total. The molecule has 5 rings (SSSR count). The standard InChI is InChI=1S/C27H31FN6O3/c1-36-11-12-37-26-31-24(29)23-25(32-26)34(27(35)30-23)17-19-7-8-22(21(14-19)15-28)20-6-4-5-18(13-20)16-33-9-2-3-10-33/h4-8,13-14H,2-3,9-12,15-17H2,1H3,(H,30,35)(H2,29,31,32). The lowest BCUT2D eigenvalue weighted by molar-refractivity contribution is 0.141. The number of imidazole rings is 1. The molecular weight excluding hydrogens is 475 g/mol. The second kappa shape index (κ2) is 11.1. The Balaban J connectivity index is 1.42. The van der Waals surface area contributed by atoms with Gasteiger partial charge in [0.1, 0.15) is 18.8 Å². The van der Waals surface area contributed by atoms with Crippen LogP contribution in [0.2, 0.25) is 0 Å². The third kappa shape index (κ3) is 5.50. The fourth-order valence-corrected chi connectivity index (χ4v) is 4.81. The van der Waals surface area contributed by atoms with Crippen LogP contribution in [0, 0.1) is 0 Å². The van der Waals surface area contributed by atoms with E-state index < -0.39 is 6.67 Å². The molecule has 37 heavy (non-hydrogen) atoms. The van der Waals surface area contributed by atoms with Gasteiger partial charge in [-0.15, -0.1) is 0 Å². The minimum atomic E-state index is -0.616. The first kappa shape index (κ1) is 24.9. The van der Waals surface area contributed by atoms with Gasteiger partial charge < -0.3 is 20.2 Å². The van der Waals surface area contributed by atoms with Crippen LogP contribution >= 0.6 is 0 Å². The number of ether oxygens (including phenoxy) is 2. The normalized spacial score (nSPS) is 14.0. The summed E-state index contributed by atoms with van der Waals surface area (Å²) in [6.45, 7) is 3.34. The van der Waals surface area contributed by atoms with E-state index in [0.29, 0.717) is 23.3 Å². The van der Waals surface area contributed by atoms with Gasteiger partial charge in [0.15, 0.2) is 11.5 Å². The van der Waals surface area contributed by atoms with Gasteiger partial charge in [-0.2, -0.15) is 9.97 Å². The van der Waals surface area contributed by atoms with Gasteiger partial charge in [0, 0.05) is 13.7 Å². The molecule has 0 aliphatic carbocycles. The topological polar surface area (TPSA) is 111 Å². The smallest absolute Gasteiger partial charge is 0.328 e. The second-order valence-electron chi connectivity index (χ2n) is 9.26. The van der Waals surface area contributed by atoms with E-state index in [0.717, 1.165) is 36.3 Å². The molecule has 0 radical (unpaired) electrons. The lowest BCUT2D eigenvalue weighted by Crippen LogP contribution is -2.18. The summed E-state index contributed by atoms with van der Waals surface area (Å²) in [5.41, 5.74) is 10.7. The Bertz CT molecular complexity index is 1440. The molecule has 1 fully saturated rings. The Morgan fingerprint density at radius 1 is 1.05 bits per heavy atom. The van der Waals surface area contributed by atoms with Crippen molar-refractivity contribution in [3.8, 4) is 17.1 Å². The first-order valence-electron chi connectivity index (χ1n) is 12.4. The lowest BCUT2D eigenvalue weighted by atomic mass is 9.96. The number of nitrogens with zero attached hydrogens (tertiary/aromatic N) is 4. The van der Waals surface area contributed by atoms with E-state index in [9.17, 15) is 9.18 Å². The predicted octanol–water partition coefficient (Wildman–Crippen LogP) is 3.51. The maximum atomic E-state index is 14.2. The number of nitrogens with two attached hydrogens (primary N) is 1. The largest absolute Gasteiger partial charge is 0.461 e. The van der Waals surface area contributed by atoms with Crippen LogP contribution in [0.3, 0.4) is 0 Å². The molecule has 0 bridgehead atoms. The van der Waals surface area contributed by atoms with E-state index in [-0.39, 0.29) is 30.7 Å². The zero-order valence-corrected chi connectivity index (χ0v) is 20.9. The van der Waals surface area contributed by atoms with E-state index in [1.54, 1.807) is 13.2 Å². The number of H-pyrrole nitrogens is 1. The van der Waals surface area contributed by atoms with Crippen molar-refractivity contribution >= 4 is 17.0 Å². The molecule has 0 amide bonds. The summed E-state index contributed by atoms with van der Waals surface area (Å²) in [7, 11) is 1.56. The first-order chi connectivity index (χ1) is 18.1. The molecule has 3 heterocycles. The summed E-state index contributed by atoms with van der Waals surface area (Å²) in [6, 6.07) is 14.0. The van der Waals surface area contributed by atoms with Gasteiger partial charge >= 0.3 is 11.7 Å². The highest BCUT2D eigenvalue weighted by molar-refractivity contribution is 5.82. The molecule has 0 unspecified atom stereocenters. The van der Waals surface area contributed by atoms with Crippen molar-refractivity contribution < 1.29 is 13.9 Å². The number of halogens is 1. The summed E-state index contributed by atoms with van der Waals surface area (Å²) in [5, 5.41) is 0. The van der Waals surface area contributed by atoms with Crippen LogP contribution in [0.4, 0.5) is 10.2 Å². The van der Waals surface area contributed by atoms with Crippen molar-refractivity contribution in [2.45, 2.75) is 32.6 Å². The number of hydrogen-bond acceptors (Lipinski definition) is 7. The van der Waals surface area contributed by atoms with Gasteiger partial charge in [-0.05, 0) is 59.8 Å². The zero-order chi connectivity index (χ0) is 25.8. The van der Waals surface area contributed by atoms with E-state index in [2.05, 4.69) is 32.0 Å².